The molecule has 0 radical (unpaired) electrons. The van der Waals surface area contributed by atoms with E-state index in [0.717, 1.165) is 17.1 Å². The molecule has 3 rings (SSSR count). The topological polar surface area (TPSA) is 64.8 Å². The number of nitrogens with two attached hydrogens (primary N) is 1. The van der Waals surface area contributed by atoms with Crippen molar-refractivity contribution >= 4 is 22.9 Å². The number of rotatable bonds is 3. The molecule has 0 saturated carbocycles. The number of fused-ring (bicyclic) bond motifs is 1. The number of amides is 1. The maximum Gasteiger partial charge on any atom is 0.266 e. The van der Waals surface area contributed by atoms with Gasteiger partial charge in [0.15, 0.2) is 11.5 Å². The zero-order valence-corrected chi connectivity index (χ0v) is 12.5. The van der Waals surface area contributed by atoms with E-state index < -0.39 is 0 Å². The minimum atomic E-state index is -0.0719. The Kier molecular flexibility index (Phi) is 3.70. The van der Waals surface area contributed by atoms with E-state index in [4.69, 9.17) is 15.2 Å². The van der Waals surface area contributed by atoms with Crippen molar-refractivity contribution in [2.45, 2.75) is 6.54 Å². The molecule has 1 amide bonds. The Bertz CT molecular complexity index is 669. The Morgan fingerprint density at radius 2 is 2.05 bits per heavy atom. The van der Waals surface area contributed by atoms with Gasteiger partial charge in [0.2, 0.25) is 0 Å². The number of ether oxygens (including phenoxy) is 2. The van der Waals surface area contributed by atoms with Crippen LogP contribution < -0.4 is 15.2 Å². The molecule has 6 heteroatoms. The average molecular weight is 304 g/mol. The zero-order chi connectivity index (χ0) is 14.8. The highest BCUT2D eigenvalue weighted by molar-refractivity contribution is 7.12. The number of carbonyl (C=O) groups is 1. The average Bonchev–Trinajstić information content (AvgIpc) is 2.92. The van der Waals surface area contributed by atoms with Gasteiger partial charge in [0, 0.05) is 13.6 Å². The highest BCUT2D eigenvalue weighted by Crippen LogP contribution is 2.31. The van der Waals surface area contributed by atoms with Gasteiger partial charge in [-0.15, -0.1) is 11.3 Å². The standard InChI is InChI=1S/C15H16N2O3S/c1-17(15(18)14-11(16)4-7-21-14)9-10-2-3-12-13(8-10)20-6-5-19-12/h2-4,7-8H,5-6,9,16H2,1H3. The second-order valence-corrected chi connectivity index (χ2v) is 5.76. The maximum atomic E-state index is 12.3. The van der Waals surface area contributed by atoms with Crippen LogP contribution >= 0.6 is 11.3 Å². The second kappa shape index (κ2) is 5.65. The van der Waals surface area contributed by atoms with Crippen LogP contribution in [0.15, 0.2) is 29.6 Å². The Balaban J connectivity index is 1.74. The smallest absolute Gasteiger partial charge is 0.266 e. The van der Waals surface area contributed by atoms with E-state index in [1.807, 2.05) is 23.6 Å². The summed E-state index contributed by atoms with van der Waals surface area (Å²) in [5.41, 5.74) is 7.31. The third-order valence-corrected chi connectivity index (χ3v) is 4.18. The molecule has 0 bridgehead atoms. The number of thiophene rings is 1. The van der Waals surface area contributed by atoms with Gasteiger partial charge in [0.1, 0.15) is 18.1 Å². The molecule has 1 aliphatic rings. The van der Waals surface area contributed by atoms with Gasteiger partial charge in [-0.2, -0.15) is 0 Å². The van der Waals surface area contributed by atoms with Crippen molar-refractivity contribution in [3.63, 3.8) is 0 Å². The highest BCUT2D eigenvalue weighted by Gasteiger charge is 2.17. The zero-order valence-electron chi connectivity index (χ0n) is 11.7. The SMILES string of the molecule is CN(Cc1ccc2c(c1)OCCO2)C(=O)c1sccc1N. The van der Waals surface area contributed by atoms with Crippen LogP contribution in [-0.4, -0.2) is 31.1 Å². The lowest BCUT2D eigenvalue weighted by Gasteiger charge is -2.21. The first-order valence-corrected chi connectivity index (χ1v) is 7.50. The Hall–Kier alpha value is -2.21. The van der Waals surface area contributed by atoms with Crippen LogP contribution in [-0.2, 0) is 6.54 Å². The van der Waals surface area contributed by atoms with E-state index in [9.17, 15) is 4.79 Å². The number of benzene rings is 1. The summed E-state index contributed by atoms with van der Waals surface area (Å²) in [7, 11) is 1.76. The minimum Gasteiger partial charge on any atom is -0.486 e. The van der Waals surface area contributed by atoms with Crippen molar-refractivity contribution in [1.82, 2.24) is 4.90 Å². The van der Waals surface area contributed by atoms with Crippen molar-refractivity contribution in [1.29, 1.82) is 0 Å². The number of carbonyl (C=O) groups excluding carboxylic acids is 1. The van der Waals surface area contributed by atoms with Gasteiger partial charge in [0.05, 0.1) is 5.69 Å². The van der Waals surface area contributed by atoms with Gasteiger partial charge in [-0.25, -0.2) is 0 Å². The maximum absolute atomic E-state index is 12.3. The summed E-state index contributed by atoms with van der Waals surface area (Å²) >= 11 is 1.36. The Labute approximate surface area is 126 Å². The molecule has 0 saturated heterocycles. The fourth-order valence-electron chi connectivity index (χ4n) is 2.20. The molecule has 2 aromatic rings. The number of nitrogen functional groups attached to an aromatic ring is 1. The third-order valence-electron chi connectivity index (χ3n) is 3.26. The van der Waals surface area contributed by atoms with Gasteiger partial charge in [-0.3, -0.25) is 4.79 Å². The first kappa shape index (κ1) is 13.8. The van der Waals surface area contributed by atoms with Crippen molar-refractivity contribution in [3.05, 3.63) is 40.1 Å². The van der Waals surface area contributed by atoms with Crippen LogP contribution in [0.1, 0.15) is 15.2 Å². The monoisotopic (exact) mass is 304 g/mol. The third kappa shape index (κ3) is 2.80. The van der Waals surface area contributed by atoms with E-state index in [2.05, 4.69) is 0 Å². The van der Waals surface area contributed by atoms with Gasteiger partial charge in [0.25, 0.3) is 5.91 Å². The molecule has 0 atom stereocenters. The quantitative estimate of drug-likeness (QED) is 0.945. The molecular formula is C15H16N2O3S. The summed E-state index contributed by atoms with van der Waals surface area (Å²) in [6, 6.07) is 7.47. The van der Waals surface area contributed by atoms with Crippen LogP contribution in [0.3, 0.4) is 0 Å². The van der Waals surface area contributed by atoms with Gasteiger partial charge >= 0.3 is 0 Å². The van der Waals surface area contributed by atoms with Crippen molar-refractivity contribution in [2.24, 2.45) is 0 Å². The lowest BCUT2D eigenvalue weighted by Crippen LogP contribution is -2.26. The summed E-state index contributed by atoms with van der Waals surface area (Å²) in [6.07, 6.45) is 0. The molecule has 0 unspecified atom stereocenters. The van der Waals surface area contributed by atoms with E-state index in [-0.39, 0.29) is 5.91 Å². The number of hydrogen-bond acceptors (Lipinski definition) is 5. The number of nitrogens with zero attached hydrogens (tertiary/aromatic N) is 1. The molecule has 21 heavy (non-hydrogen) atoms. The minimum absolute atomic E-state index is 0.0719. The van der Waals surface area contributed by atoms with Crippen LogP contribution in [0.25, 0.3) is 0 Å². The summed E-state index contributed by atoms with van der Waals surface area (Å²) in [6.45, 7) is 1.62. The van der Waals surface area contributed by atoms with Crippen molar-refractivity contribution in [2.75, 3.05) is 26.0 Å². The van der Waals surface area contributed by atoms with Crippen LogP contribution in [0.5, 0.6) is 11.5 Å². The first-order valence-electron chi connectivity index (χ1n) is 6.62. The van der Waals surface area contributed by atoms with E-state index in [0.29, 0.717) is 30.3 Å². The molecule has 0 aliphatic carbocycles. The molecule has 5 nitrogen and oxygen atoms in total. The van der Waals surface area contributed by atoms with E-state index in [1.165, 1.54) is 11.3 Å². The molecule has 2 N–H and O–H groups in total. The van der Waals surface area contributed by atoms with E-state index in [1.54, 1.807) is 18.0 Å². The van der Waals surface area contributed by atoms with Crippen LogP contribution in [0.2, 0.25) is 0 Å². The van der Waals surface area contributed by atoms with E-state index >= 15 is 0 Å². The van der Waals surface area contributed by atoms with Crippen molar-refractivity contribution in [3.8, 4) is 11.5 Å². The molecule has 110 valence electrons. The van der Waals surface area contributed by atoms with Gasteiger partial charge < -0.3 is 20.1 Å². The lowest BCUT2D eigenvalue weighted by molar-refractivity contribution is 0.0790. The molecule has 0 spiro atoms. The molecule has 0 fully saturated rings. The Morgan fingerprint density at radius 3 is 2.76 bits per heavy atom. The first-order chi connectivity index (χ1) is 10.1. The predicted octanol–water partition coefficient (Wildman–Crippen LogP) is 2.37. The second-order valence-electron chi connectivity index (χ2n) is 4.84. The Morgan fingerprint density at radius 1 is 1.29 bits per heavy atom. The summed E-state index contributed by atoms with van der Waals surface area (Å²) in [4.78, 5) is 14.5. The normalized spacial score (nSPS) is 13.0. The molecule has 1 aromatic carbocycles. The van der Waals surface area contributed by atoms with Crippen LogP contribution in [0.4, 0.5) is 5.69 Å². The molecule has 1 aliphatic heterocycles. The highest BCUT2D eigenvalue weighted by atomic mass is 32.1. The summed E-state index contributed by atoms with van der Waals surface area (Å²) in [5.74, 6) is 1.41. The fraction of sp³-hybridized carbons (Fsp3) is 0.267. The molecular weight excluding hydrogens is 288 g/mol. The number of hydrogen-bond donors (Lipinski definition) is 1. The van der Waals surface area contributed by atoms with Gasteiger partial charge in [-0.05, 0) is 29.1 Å². The predicted molar refractivity (Wildman–Crippen MR) is 82.0 cm³/mol. The molecule has 2 heterocycles. The molecule has 1 aromatic heterocycles. The number of anilines is 1. The van der Waals surface area contributed by atoms with Gasteiger partial charge in [-0.1, -0.05) is 6.07 Å². The van der Waals surface area contributed by atoms with Crippen LogP contribution in [0, 0.1) is 0 Å². The fourth-order valence-corrected chi connectivity index (χ4v) is 3.01. The summed E-state index contributed by atoms with van der Waals surface area (Å²) in [5, 5.41) is 1.82. The largest absolute Gasteiger partial charge is 0.486 e. The lowest BCUT2D eigenvalue weighted by atomic mass is 10.2. The van der Waals surface area contributed by atoms with Crippen molar-refractivity contribution < 1.29 is 14.3 Å². The summed E-state index contributed by atoms with van der Waals surface area (Å²) < 4.78 is 11.0.